The summed E-state index contributed by atoms with van der Waals surface area (Å²) in [5, 5.41) is 0. The number of likely N-dealkylation sites (N-methyl/N-ethyl adjacent to an activating group) is 1. The molecular formula is C24H31N2O3+. The van der Waals surface area contributed by atoms with Gasteiger partial charge >= 0.3 is 0 Å². The third kappa shape index (κ3) is 5.45. The fourth-order valence-electron chi connectivity index (χ4n) is 3.74. The van der Waals surface area contributed by atoms with Crippen molar-refractivity contribution in [3.8, 4) is 5.75 Å². The molecule has 5 nitrogen and oxygen atoms in total. The van der Waals surface area contributed by atoms with Gasteiger partial charge in [0.2, 0.25) is 5.91 Å². The summed E-state index contributed by atoms with van der Waals surface area (Å²) in [4.78, 5) is 27.9. The maximum atomic E-state index is 13.0. The molecule has 0 bridgehead atoms. The molecule has 1 fully saturated rings. The summed E-state index contributed by atoms with van der Waals surface area (Å²) in [6.07, 6.45) is 4.88. The van der Waals surface area contributed by atoms with Crippen molar-refractivity contribution in [2.45, 2.75) is 51.6 Å². The Kier molecular flexibility index (Phi) is 7.42. The summed E-state index contributed by atoms with van der Waals surface area (Å²) in [5.41, 5.74) is 1.78. The van der Waals surface area contributed by atoms with Crippen LogP contribution in [0.2, 0.25) is 0 Å². The van der Waals surface area contributed by atoms with Crippen LogP contribution in [0.4, 0.5) is 5.69 Å². The minimum Gasteiger partial charge on any atom is -0.494 e. The number of imide groups is 1. The van der Waals surface area contributed by atoms with Crippen molar-refractivity contribution in [1.82, 2.24) is 0 Å². The number of carbonyl (C=O) groups is 2. The van der Waals surface area contributed by atoms with E-state index in [9.17, 15) is 9.59 Å². The highest BCUT2D eigenvalue weighted by Crippen LogP contribution is 2.24. The van der Waals surface area contributed by atoms with E-state index in [-0.39, 0.29) is 24.3 Å². The highest BCUT2D eigenvalue weighted by Gasteiger charge is 2.44. The second kappa shape index (κ2) is 10.2. The number of hydrogen-bond donors (Lipinski definition) is 1. The molecule has 0 spiro atoms. The molecular weight excluding hydrogens is 364 g/mol. The quantitative estimate of drug-likeness (QED) is 0.497. The number of unbranched alkanes of at least 4 members (excludes halogenated alkanes) is 3. The van der Waals surface area contributed by atoms with Crippen LogP contribution in [0.3, 0.4) is 0 Å². The molecule has 3 rings (SSSR count). The van der Waals surface area contributed by atoms with Crippen LogP contribution < -0.4 is 14.5 Å². The first-order valence-electron chi connectivity index (χ1n) is 10.6. The van der Waals surface area contributed by atoms with Gasteiger partial charge in [0.15, 0.2) is 6.04 Å². The first kappa shape index (κ1) is 21.1. The van der Waals surface area contributed by atoms with Crippen molar-refractivity contribution in [3.63, 3.8) is 0 Å². The lowest BCUT2D eigenvalue weighted by atomic mass is 10.1. The Morgan fingerprint density at radius 2 is 1.72 bits per heavy atom. The molecule has 0 aromatic heterocycles. The molecule has 154 valence electrons. The number of nitrogens with one attached hydrogen (secondary N) is 1. The topological polar surface area (TPSA) is 51.0 Å². The summed E-state index contributed by atoms with van der Waals surface area (Å²) in [6, 6.07) is 17.0. The summed E-state index contributed by atoms with van der Waals surface area (Å²) in [5.74, 6) is 0.505. The van der Waals surface area contributed by atoms with Crippen molar-refractivity contribution in [2.24, 2.45) is 0 Å². The maximum Gasteiger partial charge on any atom is 0.292 e. The molecule has 1 unspecified atom stereocenters. The number of amides is 2. The predicted octanol–water partition coefficient (Wildman–Crippen LogP) is 2.99. The lowest BCUT2D eigenvalue weighted by Crippen LogP contribution is -3.12. The minimum absolute atomic E-state index is 0.128. The Balaban J connectivity index is 1.59. The molecule has 0 radical (unpaired) electrons. The zero-order chi connectivity index (χ0) is 20.6. The van der Waals surface area contributed by atoms with E-state index in [1.54, 1.807) is 12.1 Å². The number of ether oxygens (including phenoxy) is 1. The molecule has 0 aliphatic carbocycles. The highest BCUT2D eigenvalue weighted by molar-refractivity contribution is 6.21. The molecule has 1 aliphatic heterocycles. The van der Waals surface area contributed by atoms with Crippen LogP contribution in [0.25, 0.3) is 0 Å². The number of carbonyl (C=O) groups excluding carboxylic acids is 2. The number of quaternary nitrogens is 1. The molecule has 2 aromatic carbocycles. The summed E-state index contributed by atoms with van der Waals surface area (Å²) >= 11 is 0. The summed E-state index contributed by atoms with van der Waals surface area (Å²) in [7, 11) is 1.97. The fourth-order valence-corrected chi connectivity index (χ4v) is 3.74. The Morgan fingerprint density at radius 3 is 2.41 bits per heavy atom. The van der Waals surface area contributed by atoms with Gasteiger partial charge < -0.3 is 9.64 Å². The third-order valence-electron chi connectivity index (χ3n) is 5.43. The van der Waals surface area contributed by atoms with Gasteiger partial charge in [-0.15, -0.1) is 0 Å². The van der Waals surface area contributed by atoms with Crippen molar-refractivity contribution in [2.75, 3.05) is 18.6 Å². The Morgan fingerprint density at radius 1 is 1.00 bits per heavy atom. The molecule has 29 heavy (non-hydrogen) atoms. The molecule has 5 heteroatoms. The second-order valence-electron chi connectivity index (χ2n) is 7.74. The highest BCUT2D eigenvalue weighted by atomic mass is 16.5. The summed E-state index contributed by atoms with van der Waals surface area (Å²) in [6.45, 7) is 3.59. The zero-order valence-electron chi connectivity index (χ0n) is 17.4. The van der Waals surface area contributed by atoms with Gasteiger partial charge in [-0.3, -0.25) is 9.59 Å². The molecule has 1 aliphatic rings. The molecule has 0 saturated carbocycles. The standard InChI is InChI=1S/C24H30N2O3/c1-3-4-5-9-16-29-21-14-12-20(13-15-21)26-23(27)17-22(24(26)28)25(2)18-19-10-7-6-8-11-19/h6-8,10-15,22H,3-5,9,16-18H2,1-2H3/p+1/t22-/m0/s1. The minimum atomic E-state index is -0.350. The van der Waals surface area contributed by atoms with Gasteiger partial charge in [0.1, 0.15) is 12.3 Å². The van der Waals surface area contributed by atoms with E-state index in [0.29, 0.717) is 18.8 Å². The molecule has 2 aromatic rings. The Bertz CT molecular complexity index is 805. The number of anilines is 1. The SMILES string of the molecule is CCCCCCOc1ccc(N2C(=O)C[C@H]([NH+](C)Cc3ccccc3)C2=O)cc1. The molecule has 1 N–H and O–H groups in total. The Hall–Kier alpha value is -2.66. The van der Waals surface area contributed by atoms with E-state index in [2.05, 4.69) is 6.92 Å². The van der Waals surface area contributed by atoms with Crippen LogP contribution in [-0.2, 0) is 16.1 Å². The lowest BCUT2D eigenvalue weighted by Gasteiger charge is -2.20. The number of hydrogen-bond acceptors (Lipinski definition) is 3. The van der Waals surface area contributed by atoms with Gasteiger partial charge in [-0.25, -0.2) is 4.90 Å². The van der Waals surface area contributed by atoms with E-state index in [1.165, 1.54) is 24.2 Å². The van der Waals surface area contributed by atoms with Crippen LogP contribution in [0.1, 0.15) is 44.6 Å². The van der Waals surface area contributed by atoms with E-state index in [0.717, 1.165) is 22.6 Å². The van der Waals surface area contributed by atoms with Crippen LogP contribution >= 0.6 is 0 Å². The van der Waals surface area contributed by atoms with E-state index >= 15 is 0 Å². The normalized spacial score (nSPS) is 17.6. The van der Waals surface area contributed by atoms with Crippen molar-refractivity contribution in [1.29, 1.82) is 0 Å². The first-order valence-corrected chi connectivity index (χ1v) is 10.6. The molecule has 2 atom stereocenters. The van der Waals surface area contributed by atoms with Crippen molar-refractivity contribution in [3.05, 3.63) is 60.2 Å². The zero-order valence-corrected chi connectivity index (χ0v) is 17.4. The fraction of sp³-hybridized carbons (Fsp3) is 0.417. The van der Waals surface area contributed by atoms with Crippen LogP contribution in [0.5, 0.6) is 5.75 Å². The van der Waals surface area contributed by atoms with E-state index < -0.39 is 0 Å². The van der Waals surface area contributed by atoms with Crippen LogP contribution in [-0.4, -0.2) is 31.5 Å². The number of nitrogens with zero attached hydrogens (tertiary/aromatic N) is 1. The van der Waals surface area contributed by atoms with Gasteiger partial charge in [-0.2, -0.15) is 0 Å². The second-order valence-corrected chi connectivity index (χ2v) is 7.74. The van der Waals surface area contributed by atoms with Crippen molar-refractivity contribution >= 4 is 17.5 Å². The predicted molar refractivity (Wildman–Crippen MR) is 114 cm³/mol. The van der Waals surface area contributed by atoms with Crippen molar-refractivity contribution < 1.29 is 19.2 Å². The maximum absolute atomic E-state index is 13.0. The molecule has 2 amide bonds. The third-order valence-corrected chi connectivity index (χ3v) is 5.43. The smallest absolute Gasteiger partial charge is 0.292 e. The van der Waals surface area contributed by atoms with Gasteiger partial charge in [-0.05, 0) is 30.7 Å². The van der Waals surface area contributed by atoms with E-state index in [4.69, 9.17) is 4.74 Å². The Labute approximate surface area is 173 Å². The summed E-state index contributed by atoms with van der Waals surface area (Å²) < 4.78 is 5.76. The largest absolute Gasteiger partial charge is 0.494 e. The first-order chi connectivity index (χ1) is 14.1. The van der Waals surface area contributed by atoms with Gasteiger partial charge in [0.25, 0.3) is 5.91 Å². The molecule has 1 saturated heterocycles. The van der Waals surface area contributed by atoms with Gasteiger partial charge in [0.05, 0.1) is 25.8 Å². The monoisotopic (exact) mass is 395 g/mol. The van der Waals surface area contributed by atoms with Crippen LogP contribution in [0.15, 0.2) is 54.6 Å². The van der Waals surface area contributed by atoms with Crippen LogP contribution in [0, 0.1) is 0 Å². The van der Waals surface area contributed by atoms with Gasteiger partial charge in [0, 0.05) is 5.56 Å². The lowest BCUT2D eigenvalue weighted by molar-refractivity contribution is -0.908. The molecule has 1 heterocycles. The average molecular weight is 396 g/mol. The number of benzene rings is 2. The average Bonchev–Trinajstić information content (AvgIpc) is 3.03. The number of rotatable bonds is 10. The van der Waals surface area contributed by atoms with Gasteiger partial charge in [-0.1, -0.05) is 56.5 Å². The van der Waals surface area contributed by atoms with E-state index in [1.807, 2.05) is 49.5 Å².